The summed E-state index contributed by atoms with van der Waals surface area (Å²) in [5.41, 5.74) is 6.73. The smallest absolute Gasteiger partial charge is 0.259 e. The fourth-order valence-corrected chi connectivity index (χ4v) is 4.17. The molecule has 0 saturated heterocycles. The molecule has 2 aromatic rings. The lowest BCUT2D eigenvalue weighted by Gasteiger charge is -2.33. The first-order valence-corrected chi connectivity index (χ1v) is 7.81. The zero-order valence-corrected chi connectivity index (χ0v) is 12.7. The Bertz CT molecular complexity index is 938. The van der Waals surface area contributed by atoms with E-state index in [1.54, 1.807) is 4.90 Å². The Morgan fingerprint density at radius 2 is 1.61 bits per heavy atom. The molecule has 2 atom stereocenters. The first kappa shape index (κ1) is 12.9. The van der Waals surface area contributed by atoms with E-state index >= 15 is 0 Å². The van der Waals surface area contributed by atoms with Crippen molar-refractivity contribution in [2.45, 2.75) is 19.1 Å². The number of rotatable bonds is 0. The normalized spacial score (nSPS) is 24.2. The van der Waals surface area contributed by atoms with E-state index in [0.29, 0.717) is 0 Å². The molecule has 0 fully saturated rings. The van der Waals surface area contributed by atoms with Crippen LogP contribution in [0.5, 0.6) is 0 Å². The summed E-state index contributed by atoms with van der Waals surface area (Å²) in [6.07, 6.45) is 1.39. The summed E-state index contributed by atoms with van der Waals surface area (Å²) < 4.78 is 0. The van der Waals surface area contributed by atoms with Crippen molar-refractivity contribution in [3.63, 3.8) is 0 Å². The first-order chi connectivity index (χ1) is 11.2. The fourth-order valence-electron chi connectivity index (χ4n) is 4.17. The molecule has 0 radical (unpaired) electrons. The number of allylic oxidation sites excluding steroid dienone is 2. The van der Waals surface area contributed by atoms with Gasteiger partial charge in [-0.3, -0.25) is 9.69 Å². The van der Waals surface area contributed by atoms with Crippen molar-refractivity contribution in [1.29, 1.82) is 0 Å². The summed E-state index contributed by atoms with van der Waals surface area (Å²) in [5.74, 6) is -0.0197. The quantitative estimate of drug-likeness (QED) is 0.810. The number of hydrogen-bond donors (Lipinski definition) is 1. The molecule has 1 aliphatic carbocycles. The zero-order chi connectivity index (χ0) is 15.7. The summed E-state index contributed by atoms with van der Waals surface area (Å²) >= 11 is 0. The highest BCUT2D eigenvalue weighted by Gasteiger charge is 2.48. The number of carbonyl (C=O) groups excluding carboxylic acids is 1. The summed E-state index contributed by atoms with van der Waals surface area (Å²) in [6, 6.07) is 15.2. The summed E-state index contributed by atoms with van der Waals surface area (Å²) in [4.78, 5) is 14.7. The molecule has 0 aromatic heterocycles. The zero-order valence-electron chi connectivity index (χ0n) is 12.7. The molecule has 3 nitrogen and oxygen atoms in total. The Kier molecular flexibility index (Phi) is 2.35. The average Bonchev–Trinajstić information content (AvgIpc) is 3.03. The van der Waals surface area contributed by atoms with Crippen molar-refractivity contribution < 1.29 is 9.90 Å². The van der Waals surface area contributed by atoms with Crippen LogP contribution in [0.1, 0.15) is 40.1 Å². The second kappa shape index (κ2) is 4.21. The van der Waals surface area contributed by atoms with E-state index in [1.165, 1.54) is 0 Å². The molecule has 2 aliphatic heterocycles. The number of amides is 1. The van der Waals surface area contributed by atoms with Crippen LogP contribution < -0.4 is 0 Å². The molecule has 0 bridgehead atoms. The third-order valence-corrected chi connectivity index (χ3v) is 5.13. The minimum Gasteiger partial charge on any atom is -0.386 e. The van der Waals surface area contributed by atoms with E-state index in [2.05, 4.69) is 13.0 Å². The SMILES string of the molecule is CC1=C2c3ccccc3[C@@H](O)[C@@H]2N2C(=O)c3ccccc3C2=C1. The predicted octanol–water partition coefficient (Wildman–Crippen LogP) is 3.39. The van der Waals surface area contributed by atoms with E-state index in [-0.39, 0.29) is 11.9 Å². The van der Waals surface area contributed by atoms with E-state index < -0.39 is 6.10 Å². The van der Waals surface area contributed by atoms with Crippen molar-refractivity contribution in [2.75, 3.05) is 0 Å². The van der Waals surface area contributed by atoms with Gasteiger partial charge in [0.25, 0.3) is 5.91 Å². The molecule has 1 N–H and O–H groups in total. The molecule has 3 aliphatic rings. The Labute approximate surface area is 134 Å². The molecule has 5 rings (SSSR count). The molecule has 0 spiro atoms. The molecule has 2 heterocycles. The molecule has 3 heteroatoms. The second-order valence-corrected chi connectivity index (χ2v) is 6.32. The molecule has 0 unspecified atom stereocenters. The average molecular weight is 301 g/mol. The maximum Gasteiger partial charge on any atom is 0.259 e. The highest BCUT2D eigenvalue weighted by Crippen LogP contribution is 2.51. The van der Waals surface area contributed by atoms with Crippen LogP contribution in [-0.2, 0) is 0 Å². The van der Waals surface area contributed by atoms with Gasteiger partial charge in [-0.1, -0.05) is 42.5 Å². The number of hydrogen-bond acceptors (Lipinski definition) is 2. The number of benzene rings is 2. The lowest BCUT2D eigenvalue weighted by atomic mass is 9.93. The molecule has 112 valence electrons. The fraction of sp³-hybridized carbons (Fsp3) is 0.150. The van der Waals surface area contributed by atoms with Crippen LogP contribution in [0.25, 0.3) is 11.3 Å². The Morgan fingerprint density at radius 1 is 0.957 bits per heavy atom. The minimum absolute atomic E-state index is 0.0197. The highest BCUT2D eigenvalue weighted by atomic mass is 16.3. The van der Waals surface area contributed by atoms with Crippen molar-refractivity contribution in [2.24, 2.45) is 0 Å². The highest BCUT2D eigenvalue weighted by molar-refractivity contribution is 6.12. The molecule has 2 aromatic carbocycles. The van der Waals surface area contributed by atoms with E-state index in [9.17, 15) is 9.90 Å². The van der Waals surface area contributed by atoms with Gasteiger partial charge in [0.15, 0.2) is 0 Å². The van der Waals surface area contributed by atoms with Gasteiger partial charge in [0.1, 0.15) is 6.10 Å². The number of aliphatic hydroxyl groups is 1. The van der Waals surface area contributed by atoms with Crippen molar-refractivity contribution >= 4 is 17.2 Å². The third-order valence-electron chi connectivity index (χ3n) is 5.13. The van der Waals surface area contributed by atoms with Gasteiger partial charge in [0.05, 0.1) is 11.7 Å². The molecule has 1 amide bonds. The van der Waals surface area contributed by atoms with Gasteiger partial charge in [0, 0.05) is 11.1 Å². The molecule has 0 saturated carbocycles. The number of carbonyl (C=O) groups is 1. The van der Waals surface area contributed by atoms with Gasteiger partial charge >= 0.3 is 0 Å². The summed E-state index contributed by atoms with van der Waals surface area (Å²) in [6.45, 7) is 2.06. The van der Waals surface area contributed by atoms with Crippen LogP contribution >= 0.6 is 0 Å². The monoisotopic (exact) mass is 301 g/mol. The maximum absolute atomic E-state index is 12.9. The standard InChI is InChI=1S/C20H15NO2/c1-11-10-16-12-6-2-5-9-15(12)20(23)21(16)18-17(11)13-7-3-4-8-14(13)19(18)22/h2-10,18-19,22H,1H3/t18-,19-/m1/s1. The summed E-state index contributed by atoms with van der Waals surface area (Å²) in [5, 5.41) is 10.9. The van der Waals surface area contributed by atoms with E-state index in [1.807, 2.05) is 48.5 Å². The lowest BCUT2D eigenvalue weighted by Crippen LogP contribution is -2.39. The minimum atomic E-state index is -0.682. The number of aliphatic hydroxyl groups excluding tert-OH is 1. The molecular formula is C20H15NO2. The molecular weight excluding hydrogens is 286 g/mol. The van der Waals surface area contributed by atoms with Crippen LogP contribution in [0, 0.1) is 0 Å². The summed E-state index contributed by atoms with van der Waals surface area (Å²) in [7, 11) is 0. The van der Waals surface area contributed by atoms with Crippen LogP contribution in [0.15, 0.2) is 60.2 Å². The van der Waals surface area contributed by atoms with Gasteiger partial charge in [-0.15, -0.1) is 0 Å². The predicted molar refractivity (Wildman–Crippen MR) is 88.4 cm³/mol. The van der Waals surface area contributed by atoms with Gasteiger partial charge < -0.3 is 5.11 Å². The van der Waals surface area contributed by atoms with Crippen molar-refractivity contribution in [1.82, 2.24) is 4.90 Å². The van der Waals surface area contributed by atoms with Gasteiger partial charge in [-0.25, -0.2) is 0 Å². The third kappa shape index (κ3) is 1.45. The lowest BCUT2D eigenvalue weighted by molar-refractivity contribution is 0.0688. The Balaban J connectivity index is 1.79. The second-order valence-electron chi connectivity index (χ2n) is 6.32. The van der Waals surface area contributed by atoms with E-state index in [0.717, 1.165) is 39.1 Å². The Hall–Kier alpha value is -2.65. The van der Waals surface area contributed by atoms with Gasteiger partial charge in [0.2, 0.25) is 0 Å². The topological polar surface area (TPSA) is 40.5 Å². The van der Waals surface area contributed by atoms with Crippen molar-refractivity contribution in [3.05, 3.63) is 82.4 Å². The van der Waals surface area contributed by atoms with Crippen LogP contribution in [0.3, 0.4) is 0 Å². The van der Waals surface area contributed by atoms with Crippen LogP contribution in [-0.4, -0.2) is 22.0 Å². The molecule has 23 heavy (non-hydrogen) atoms. The first-order valence-electron chi connectivity index (χ1n) is 7.81. The Morgan fingerprint density at radius 3 is 2.39 bits per heavy atom. The van der Waals surface area contributed by atoms with Crippen LogP contribution in [0.2, 0.25) is 0 Å². The largest absolute Gasteiger partial charge is 0.386 e. The van der Waals surface area contributed by atoms with E-state index in [4.69, 9.17) is 0 Å². The van der Waals surface area contributed by atoms with Crippen molar-refractivity contribution in [3.8, 4) is 0 Å². The number of fused-ring (bicyclic) bond motifs is 7. The number of nitrogens with zero attached hydrogens (tertiary/aromatic N) is 1. The van der Waals surface area contributed by atoms with Gasteiger partial charge in [-0.2, -0.15) is 0 Å². The van der Waals surface area contributed by atoms with Crippen LogP contribution in [0.4, 0.5) is 0 Å². The maximum atomic E-state index is 12.9. The van der Waals surface area contributed by atoms with Gasteiger partial charge in [-0.05, 0) is 41.3 Å².